The van der Waals surface area contributed by atoms with E-state index in [1.165, 1.54) is 0 Å². The van der Waals surface area contributed by atoms with Crippen LogP contribution in [-0.4, -0.2) is 139 Å². The fourth-order valence-electron chi connectivity index (χ4n) is 10.6. The predicted octanol–water partition coefficient (Wildman–Crippen LogP) is 5.38. The van der Waals surface area contributed by atoms with E-state index in [-0.39, 0.29) is 42.7 Å². The van der Waals surface area contributed by atoms with Gasteiger partial charge in [0.25, 0.3) is 0 Å². The molecule has 4 fully saturated rings. The second-order valence-electron chi connectivity index (χ2n) is 19.0. The van der Waals surface area contributed by atoms with Crippen molar-refractivity contribution >= 4 is 5.97 Å². The van der Waals surface area contributed by atoms with E-state index >= 15 is 0 Å². The molecule has 0 aromatic rings. The maximum absolute atomic E-state index is 14.3. The molecule has 7 rings (SSSR count). The number of aliphatic hydroxyl groups excluding tert-OH is 2. The third-order valence-corrected chi connectivity index (χ3v) is 14.5. The normalized spacial score (nSPS) is 49.1. The molecule has 4 saturated heterocycles. The number of carbonyl (C=O) groups is 1. The average molecular weight is 873 g/mol. The third-order valence-electron chi connectivity index (χ3n) is 14.5. The summed E-state index contributed by atoms with van der Waals surface area (Å²) in [5.41, 5.74) is 0.134. The minimum atomic E-state index is -1.84. The van der Waals surface area contributed by atoms with Gasteiger partial charge in [-0.25, -0.2) is 0 Å². The van der Waals surface area contributed by atoms with Crippen LogP contribution >= 0.6 is 0 Å². The lowest BCUT2D eigenvalue weighted by molar-refractivity contribution is -0.318. The number of ether oxygens (including phenoxy) is 10. The maximum Gasteiger partial charge on any atom is 0.316 e. The lowest BCUT2D eigenvalue weighted by atomic mass is 9.71. The van der Waals surface area contributed by atoms with Crippen molar-refractivity contribution in [2.24, 2.45) is 23.7 Å². The van der Waals surface area contributed by atoms with Crippen molar-refractivity contribution in [3.8, 4) is 0 Å². The summed E-state index contributed by atoms with van der Waals surface area (Å²) in [6.07, 6.45) is 8.55. The summed E-state index contributed by atoms with van der Waals surface area (Å²) in [5, 5.41) is 34.2. The SMILES string of the molecule is CCC(C)[C@H]1O[C@]2(C=C[C@@H]1C)C[C@@H]1C[C@@H](C/C=C(\C)C(O[C@H]3C[C@H](OC)C(O[C@H]4C[C@H](OC)[C@@H](O)[C@H](C)O4)[C@H](C)O3)[C@@H](C)/C=C/C=C3\CO[C@@H]4[C@H](O)C(C)=C[C@@H](C(=O)O1)[C@]34O)O2. The van der Waals surface area contributed by atoms with Gasteiger partial charge >= 0.3 is 5.97 Å². The van der Waals surface area contributed by atoms with Gasteiger partial charge in [-0.1, -0.05) is 70.6 Å². The molecule has 0 amide bonds. The lowest BCUT2D eigenvalue weighted by Gasteiger charge is -2.48. The van der Waals surface area contributed by atoms with Crippen molar-refractivity contribution in [3.05, 3.63) is 59.3 Å². The minimum Gasteiger partial charge on any atom is -0.462 e. The Hall–Kier alpha value is -2.31. The molecule has 3 unspecified atom stereocenters. The van der Waals surface area contributed by atoms with Crippen molar-refractivity contribution in [1.29, 1.82) is 0 Å². The van der Waals surface area contributed by atoms with Gasteiger partial charge in [0.15, 0.2) is 18.4 Å². The van der Waals surface area contributed by atoms with Crippen LogP contribution in [-0.2, 0) is 52.2 Å². The number of hydrogen-bond donors (Lipinski definition) is 3. The van der Waals surface area contributed by atoms with Crippen molar-refractivity contribution in [2.75, 3.05) is 20.8 Å². The van der Waals surface area contributed by atoms with E-state index in [0.29, 0.717) is 43.3 Å². The molecule has 1 aliphatic carbocycles. The number of methoxy groups -OCH3 is 2. The summed E-state index contributed by atoms with van der Waals surface area (Å²) in [6, 6.07) is 0. The topological polar surface area (TPSA) is 170 Å². The zero-order valence-corrected chi connectivity index (χ0v) is 38.2. The lowest BCUT2D eigenvalue weighted by Crippen LogP contribution is -2.58. The number of fused-ring (bicyclic) bond motifs is 2. The van der Waals surface area contributed by atoms with E-state index in [4.69, 9.17) is 47.4 Å². The van der Waals surface area contributed by atoms with Gasteiger partial charge < -0.3 is 62.7 Å². The molecule has 6 aliphatic heterocycles. The van der Waals surface area contributed by atoms with E-state index in [0.717, 1.165) is 12.0 Å². The zero-order chi connectivity index (χ0) is 44.7. The maximum atomic E-state index is 14.3. The Bertz CT molecular complexity index is 1730. The molecule has 3 N–H and O–H groups in total. The Morgan fingerprint density at radius 2 is 1.60 bits per heavy atom. The molecular formula is C48H72O14. The standard InChI is InChI=1S/C48H72O14/c1-11-25(2)43-28(5)17-18-47(62-43)23-34-20-33(61-47)16-15-27(4)42(26(3)13-12-14-32-24-55-45-40(49)29(6)19-35(46(51)58-34)48(32,45)52)59-39-22-37(54-10)44(31(8)57-39)60-38-21-36(53-9)41(50)30(7)56-38/h12-15,17-19,25-26,28,30-31,33-45,49-50,52H,11,16,20-24H2,1-10H3/b13-12+,27-15+,32-14+/t25?,26-,28-,30-,31-,33+,34-,35-,36-,37-,38-,39-,40+,41-,42?,43+,44?,45+,47+,48+/m0/s1. The minimum absolute atomic E-state index is 0.0317. The van der Waals surface area contributed by atoms with Gasteiger partial charge in [0, 0.05) is 51.7 Å². The van der Waals surface area contributed by atoms with Gasteiger partial charge in [-0.2, -0.15) is 0 Å². The number of allylic oxidation sites excluding steroid dienone is 2. The Labute approximate surface area is 367 Å². The van der Waals surface area contributed by atoms with Crippen LogP contribution in [0.25, 0.3) is 0 Å². The Morgan fingerprint density at radius 1 is 0.887 bits per heavy atom. The molecule has 6 heterocycles. The Balaban J connectivity index is 1.18. The smallest absolute Gasteiger partial charge is 0.316 e. The van der Waals surface area contributed by atoms with Gasteiger partial charge in [-0.15, -0.1) is 0 Å². The average Bonchev–Trinajstić information content (AvgIpc) is 3.58. The van der Waals surface area contributed by atoms with Crippen molar-refractivity contribution in [1.82, 2.24) is 0 Å². The monoisotopic (exact) mass is 872 g/mol. The summed E-state index contributed by atoms with van der Waals surface area (Å²) < 4.78 is 63.7. The molecule has 0 aromatic carbocycles. The Kier molecular flexibility index (Phi) is 15.1. The van der Waals surface area contributed by atoms with Crippen LogP contribution in [0.5, 0.6) is 0 Å². The van der Waals surface area contributed by atoms with Crippen LogP contribution in [0.4, 0.5) is 0 Å². The second-order valence-corrected chi connectivity index (χ2v) is 19.0. The molecule has 0 saturated carbocycles. The molecule has 0 aromatic heterocycles. The second kappa shape index (κ2) is 19.7. The van der Waals surface area contributed by atoms with Crippen molar-refractivity contribution in [3.63, 3.8) is 0 Å². The van der Waals surface area contributed by atoms with Crippen LogP contribution in [0.3, 0.4) is 0 Å². The van der Waals surface area contributed by atoms with E-state index in [1.54, 1.807) is 40.2 Å². The number of hydrogen-bond acceptors (Lipinski definition) is 14. The number of carbonyl (C=O) groups excluding carboxylic acids is 1. The first-order chi connectivity index (χ1) is 29.5. The number of aliphatic hydroxyl groups is 3. The highest BCUT2D eigenvalue weighted by molar-refractivity contribution is 5.78. The first kappa shape index (κ1) is 47.6. The number of rotatable bonds is 8. The molecule has 0 radical (unpaired) electrons. The van der Waals surface area contributed by atoms with Crippen LogP contribution < -0.4 is 0 Å². The Morgan fingerprint density at radius 3 is 2.32 bits per heavy atom. The largest absolute Gasteiger partial charge is 0.462 e. The van der Waals surface area contributed by atoms with Gasteiger partial charge in [-0.05, 0) is 62.8 Å². The first-order valence-corrected chi connectivity index (χ1v) is 22.9. The van der Waals surface area contributed by atoms with Crippen LogP contribution in [0.15, 0.2) is 59.3 Å². The fraction of sp³-hybridized carbons (Fsp3) is 0.771. The van der Waals surface area contributed by atoms with E-state index in [2.05, 4.69) is 39.8 Å². The highest BCUT2D eigenvalue weighted by atomic mass is 16.7. The van der Waals surface area contributed by atoms with Crippen molar-refractivity contribution < 1.29 is 67.5 Å². The third kappa shape index (κ3) is 9.64. The molecular weight excluding hydrogens is 801 g/mol. The number of esters is 1. The molecule has 14 heteroatoms. The highest BCUT2D eigenvalue weighted by Gasteiger charge is 2.60. The van der Waals surface area contributed by atoms with Crippen LogP contribution in [0, 0.1) is 23.7 Å². The first-order valence-electron chi connectivity index (χ1n) is 22.9. The van der Waals surface area contributed by atoms with Gasteiger partial charge in [-0.3, -0.25) is 4.79 Å². The van der Waals surface area contributed by atoms with Gasteiger partial charge in [0.2, 0.25) is 0 Å². The fourth-order valence-corrected chi connectivity index (χ4v) is 10.6. The molecule has 348 valence electrons. The van der Waals surface area contributed by atoms with Gasteiger partial charge in [0.05, 0.1) is 49.3 Å². The molecule has 20 atom stereocenters. The quantitative estimate of drug-likeness (QED) is 0.210. The van der Waals surface area contributed by atoms with E-state index in [9.17, 15) is 20.1 Å². The van der Waals surface area contributed by atoms with Crippen molar-refractivity contribution in [2.45, 2.75) is 191 Å². The molecule has 2 bridgehead atoms. The molecule has 7 aliphatic rings. The summed E-state index contributed by atoms with van der Waals surface area (Å²) in [4.78, 5) is 14.3. The summed E-state index contributed by atoms with van der Waals surface area (Å²) in [6.45, 7) is 16.1. The summed E-state index contributed by atoms with van der Waals surface area (Å²) in [7, 11) is 3.22. The van der Waals surface area contributed by atoms with Crippen LogP contribution in [0.2, 0.25) is 0 Å². The van der Waals surface area contributed by atoms with E-state index in [1.807, 2.05) is 32.1 Å². The summed E-state index contributed by atoms with van der Waals surface area (Å²) in [5.74, 6) is -2.56. The molecule has 62 heavy (non-hydrogen) atoms. The molecule has 1 spiro atoms. The zero-order valence-electron chi connectivity index (χ0n) is 38.2. The van der Waals surface area contributed by atoms with E-state index < -0.39 is 90.8 Å². The summed E-state index contributed by atoms with van der Waals surface area (Å²) >= 11 is 0. The van der Waals surface area contributed by atoms with Crippen LogP contribution in [0.1, 0.15) is 93.9 Å². The predicted molar refractivity (Wildman–Crippen MR) is 227 cm³/mol. The molecule has 14 nitrogen and oxygen atoms in total. The van der Waals surface area contributed by atoms with Gasteiger partial charge in [0.1, 0.15) is 42.0 Å². The highest BCUT2D eigenvalue weighted by Crippen LogP contribution is 2.47.